The van der Waals surface area contributed by atoms with Crippen LogP contribution in [0.1, 0.15) is 46.5 Å². The lowest BCUT2D eigenvalue weighted by atomic mass is 10.0. The summed E-state index contributed by atoms with van der Waals surface area (Å²) in [6, 6.07) is -1.46. The number of carbonyl (C=O) groups is 3. The number of ether oxygens (including phenoxy) is 1. The Morgan fingerprint density at radius 3 is 2.42 bits per heavy atom. The zero-order valence-corrected chi connectivity index (χ0v) is 17.6. The van der Waals surface area contributed by atoms with Gasteiger partial charge in [0.2, 0.25) is 5.91 Å². The lowest BCUT2D eigenvalue weighted by molar-refractivity contribution is -0.146. The van der Waals surface area contributed by atoms with Crippen molar-refractivity contribution in [3.8, 4) is 0 Å². The van der Waals surface area contributed by atoms with E-state index in [9.17, 15) is 14.4 Å². The highest BCUT2D eigenvalue weighted by molar-refractivity contribution is 6.67. The van der Waals surface area contributed by atoms with Crippen molar-refractivity contribution in [1.82, 2.24) is 10.2 Å². The molecule has 0 saturated carbocycles. The molecule has 1 aliphatic heterocycles. The zero-order valence-electron chi connectivity index (χ0n) is 15.4. The second-order valence-corrected chi connectivity index (χ2v) is 9.09. The lowest BCUT2D eigenvalue weighted by Gasteiger charge is -2.30. The van der Waals surface area contributed by atoms with Gasteiger partial charge in [-0.1, -0.05) is 55.6 Å². The number of imide groups is 1. The first-order chi connectivity index (χ1) is 12.0. The van der Waals surface area contributed by atoms with E-state index in [1.54, 1.807) is 6.92 Å². The van der Waals surface area contributed by atoms with Gasteiger partial charge in [-0.25, -0.2) is 0 Å². The molecule has 0 radical (unpaired) electrons. The topological polar surface area (TPSA) is 75.7 Å². The van der Waals surface area contributed by atoms with Gasteiger partial charge in [0, 0.05) is 12.5 Å². The smallest absolute Gasteiger partial charge is 0.257 e. The van der Waals surface area contributed by atoms with Crippen molar-refractivity contribution in [2.75, 3.05) is 7.11 Å². The van der Waals surface area contributed by atoms with Gasteiger partial charge in [0.25, 0.3) is 11.8 Å². The average Bonchev–Trinajstić information content (AvgIpc) is 2.85. The molecule has 1 heterocycles. The molecule has 0 aromatic rings. The van der Waals surface area contributed by atoms with Crippen molar-refractivity contribution < 1.29 is 19.1 Å². The van der Waals surface area contributed by atoms with E-state index in [-0.39, 0.29) is 31.1 Å². The minimum atomic E-state index is -1.51. The Bertz CT molecular complexity index is 573. The first kappa shape index (κ1) is 23.1. The van der Waals surface area contributed by atoms with E-state index in [1.165, 1.54) is 13.2 Å². The average molecular weight is 428 g/mol. The molecule has 0 aliphatic carbocycles. The highest BCUT2D eigenvalue weighted by atomic mass is 35.6. The van der Waals surface area contributed by atoms with E-state index in [1.807, 2.05) is 13.8 Å². The van der Waals surface area contributed by atoms with E-state index < -0.39 is 27.7 Å². The minimum absolute atomic E-state index is 0.135. The molecular weight excluding hydrogens is 403 g/mol. The van der Waals surface area contributed by atoms with Gasteiger partial charge in [-0.05, 0) is 25.2 Å². The Hall–Kier alpha value is -0.980. The summed E-state index contributed by atoms with van der Waals surface area (Å²) in [5.41, 5.74) is 0. The van der Waals surface area contributed by atoms with E-state index in [0.717, 1.165) is 4.90 Å². The van der Waals surface area contributed by atoms with Crippen LogP contribution in [0.5, 0.6) is 0 Å². The maximum atomic E-state index is 13.0. The number of amides is 3. The summed E-state index contributed by atoms with van der Waals surface area (Å²) in [6.45, 7) is 5.56. The summed E-state index contributed by atoms with van der Waals surface area (Å²) < 4.78 is 3.73. The summed E-state index contributed by atoms with van der Waals surface area (Å²) in [7, 11) is 1.42. The summed E-state index contributed by atoms with van der Waals surface area (Å²) >= 11 is 17.4. The van der Waals surface area contributed by atoms with Gasteiger partial charge in [0.1, 0.15) is 11.8 Å². The number of nitrogens with zero attached hydrogens (tertiary/aromatic N) is 1. The fourth-order valence-electron chi connectivity index (χ4n) is 2.75. The summed E-state index contributed by atoms with van der Waals surface area (Å²) in [5, 5.41) is 2.70. The van der Waals surface area contributed by atoms with Crippen LogP contribution < -0.4 is 5.32 Å². The second kappa shape index (κ2) is 9.81. The fraction of sp³-hybridized carbons (Fsp3) is 0.706. The number of hydrogen-bond donors (Lipinski definition) is 1. The Labute approximate surface area is 169 Å². The molecule has 0 fully saturated rings. The third kappa shape index (κ3) is 6.63. The molecular formula is C17H25Cl3N2O4. The van der Waals surface area contributed by atoms with Crippen LogP contribution in [0.3, 0.4) is 0 Å². The molecule has 3 amide bonds. The van der Waals surface area contributed by atoms with Crippen molar-refractivity contribution in [2.24, 2.45) is 5.92 Å². The van der Waals surface area contributed by atoms with Crippen LogP contribution in [-0.4, -0.2) is 45.6 Å². The molecule has 26 heavy (non-hydrogen) atoms. The minimum Gasteiger partial charge on any atom is -0.499 e. The van der Waals surface area contributed by atoms with E-state index in [0.29, 0.717) is 12.2 Å². The van der Waals surface area contributed by atoms with Crippen molar-refractivity contribution in [1.29, 1.82) is 0 Å². The van der Waals surface area contributed by atoms with Crippen LogP contribution >= 0.6 is 34.8 Å². The second-order valence-electron chi connectivity index (χ2n) is 6.57. The molecule has 0 aromatic heterocycles. The number of carbonyl (C=O) groups excluding carboxylic acids is 3. The summed E-state index contributed by atoms with van der Waals surface area (Å²) in [5.74, 6) is -0.756. The molecule has 1 aliphatic rings. The third-order valence-electron chi connectivity index (χ3n) is 3.98. The van der Waals surface area contributed by atoms with E-state index in [2.05, 4.69) is 5.32 Å². The first-order valence-corrected chi connectivity index (χ1v) is 9.62. The maximum Gasteiger partial charge on any atom is 0.257 e. The van der Waals surface area contributed by atoms with Gasteiger partial charge in [-0.2, -0.15) is 0 Å². The molecule has 1 unspecified atom stereocenters. The predicted octanol–water partition coefficient (Wildman–Crippen LogP) is 3.35. The number of nitrogens with one attached hydrogen (secondary N) is 1. The molecule has 148 valence electrons. The number of halogens is 3. The van der Waals surface area contributed by atoms with Gasteiger partial charge in [-0.3, -0.25) is 19.3 Å². The molecule has 0 spiro atoms. The van der Waals surface area contributed by atoms with Crippen LogP contribution in [0.15, 0.2) is 11.8 Å². The molecule has 2 atom stereocenters. The Morgan fingerprint density at radius 2 is 1.96 bits per heavy atom. The Morgan fingerprint density at radius 1 is 1.35 bits per heavy atom. The van der Waals surface area contributed by atoms with Crippen LogP contribution in [0.2, 0.25) is 0 Å². The fourth-order valence-corrected chi connectivity index (χ4v) is 3.08. The van der Waals surface area contributed by atoms with Crippen molar-refractivity contribution in [3.05, 3.63) is 11.8 Å². The first-order valence-electron chi connectivity index (χ1n) is 8.48. The number of alkyl halides is 3. The van der Waals surface area contributed by atoms with Gasteiger partial charge >= 0.3 is 0 Å². The quantitative estimate of drug-likeness (QED) is 0.603. The van der Waals surface area contributed by atoms with E-state index in [4.69, 9.17) is 39.5 Å². The van der Waals surface area contributed by atoms with Crippen molar-refractivity contribution >= 4 is 52.5 Å². The standard InChI is InChI=1S/C17H25Cl3N2O4/c1-5-14(23)21-11(8-10(2)3)16(25)22-12(6-7-17(18,19)20)13(26-4)9-15(22)24/h9-12H,5-8H2,1-4H3,(H,21,23)/t11?,12-/m1/s1. The highest BCUT2D eigenvalue weighted by Crippen LogP contribution is 2.35. The molecule has 6 nitrogen and oxygen atoms in total. The van der Waals surface area contributed by atoms with Crippen molar-refractivity contribution in [3.63, 3.8) is 0 Å². The molecule has 9 heteroatoms. The van der Waals surface area contributed by atoms with Crippen LogP contribution in [0, 0.1) is 5.92 Å². The van der Waals surface area contributed by atoms with E-state index >= 15 is 0 Å². The third-order valence-corrected chi connectivity index (χ3v) is 4.55. The van der Waals surface area contributed by atoms with Crippen molar-refractivity contribution in [2.45, 2.75) is 62.3 Å². The van der Waals surface area contributed by atoms with Gasteiger partial charge in [0.15, 0.2) is 3.79 Å². The lowest BCUT2D eigenvalue weighted by Crippen LogP contribution is -2.52. The molecule has 0 aromatic carbocycles. The Kier molecular flexibility index (Phi) is 8.70. The maximum absolute atomic E-state index is 13.0. The van der Waals surface area contributed by atoms with Gasteiger partial charge in [-0.15, -0.1) is 0 Å². The number of rotatable bonds is 8. The summed E-state index contributed by atoms with van der Waals surface area (Å²) in [6.07, 6.45) is 2.29. The monoisotopic (exact) mass is 426 g/mol. The number of methoxy groups -OCH3 is 1. The molecule has 0 bridgehead atoms. The number of hydrogen-bond acceptors (Lipinski definition) is 4. The van der Waals surface area contributed by atoms with Gasteiger partial charge in [0.05, 0.1) is 13.2 Å². The largest absolute Gasteiger partial charge is 0.499 e. The SMILES string of the molecule is CCC(=O)NC(CC(C)C)C(=O)N1C(=O)C=C(OC)[C@H]1CCC(Cl)(Cl)Cl. The summed E-state index contributed by atoms with van der Waals surface area (Å²) in [4.78, 5) is 38.3. The predicted molar refractivity (Wildman–Crippen MR) is 102 cm³/mol. The van der Waals surface area contributed by atoms with Gasteiger partial charge < -0.3 is 10.1 Å². The Balaban J connectivity index is 3.05. The molecule has 1 rings (SSSR count). The molecule has 0 saturated heterocycles. The zero-order chi connectivity index (χ0) is 20.1. The van der Waals surface area contributed by atoms with Crippen LogP contribution in [0.25, 0.3) is 0 Å². The molecule has 1 N–H and O–H groups in total. The normalized spacial score (nSPS) is 18.8. The highest BCUT2D eigenvalue weighted by Gasteiger charge is 2.42. The van der Waals surface area contributed by atoms with Crippen LogP contribution in [0.4, 0.5) is 0 Å². The van der Waals surface area contributed by atoms with Crippen LogP contribution in [-0.2, 0) is 19.1 Å².